The van der Waals surface area contributed by atoms with Crippen LogP contribution in [0, 0.1) is 0 Å². The zero-order valence-electron chi connectivity index (χ0n) is 8.77. The van der Waals surface area contributed by atoms with Crippen molar-refractivity contribution >= 4 is 28.3 Å². The van der Waals surface area contributed by atoms with Gasteiger partial charge in [0.05, 0.1) is 13.0 Å². The Balaban J connectivity index is 2.91. The number of halogens is 1. The molecule has 0 bridgehead atoms. The molecule has 0 aliphatic rings. The standard InChI is InChI=1S/C11H12BrNO3/c1-16-11(15)10(6-13-7-14)8-3-2-4-9(12)5-8/h2-5,7,10H,6H2,1H3,(H,13,14)/t10-/m0/s1. The van der Waals surface area contributed by atoms with Gasteiger partial charge in [-0.15, -0.1) is 0 Å². The average molecular weight is 286 g/mol. The molecule has 0 heterocycles. The van der Waals surface area contributed by atoms with Crippen molar-refractivity contribution < 1.29 is 14.3 Å². The van der Waals surface area contributed by atoms with E-state index in [9.17, 15) is 9.59 Å². The van der Waals surface area contributed by atoms with Gasteiger partial charge in [0.15, 0.2) is 0 Å². The molecule has 0 spiro atoms. The summed E-state index contributed by atoms with van der Waals surface area (Å²) >= 11 is 3.33. The van der Waals surface area contributed by atoms with E-state index in [0.29, 0.717) is 6.41 Å². The van der Waals surface area contributed by atoms with Crippen LogP contribution in [-0.4, -0.2) is 26.0 Å². The zero-order chi connectivity index (χ0) is 12.0. The fourth-order valence-electron chi connectivity index (χ4n) is 1.37. The Bertz CT molecular complexity index is 381. The number of benzene rings is 1. The van der Waals surface area contributed by atoms with Gasteiger partial charge in [-0.25, -0.2) is 0 Å². The first kappa shape index (κ1) is 12.7. The Labute approximate surface area is 102 Å². The van der Waals surface area contributed by atoms with Crippen molar-refractivity contribution in [2.24, 2.45) is 0 Å². The van der Waals surface area contributed by atoms with Gasteiger partial charge in [0.1, 0.15) is 0 Å². The number of hydrogen-bond donors (Lipinski definition) is 1. The molecule has 0 aliphatic heterocycles. The van der Waals surface area contributed by atoms with Gasteiger partial charge < -0.3 is 10.1 Å². The van der Waals surface area contributed by atoms with E-state index in [0.717, 1.165) is 10.0 Å². The van der Waals surface area contributed by atoms with Crippen molar-refractivity contribution in [3.05, 3.63) is 34.3 Å². The predicted octanol–water partition coefficient (Wildman–Crippen LogP) is 1.45. The summed E-state index contributed by atoms with van der Waals surface area (Å²) < 4.78 is 5.57. The number of methoxy groups -OCH3 is 1. The highest BCUT2D eigenvalue weighted by Gasteiger charge is 2.20. The molecule has 1 aromatic rings. The first-order valence-electron chi connectivity index (χ1n) is 4.69. The lowest BCUT2D eigenvalue weighted by molar-refractivity contribution is -0.142. The molecule has 5 heteroatoms. The van der Waals surface area contributed by atoms with Gasteiger partial charge in [-0.3, -0.25) is 9.59 Å². The molecule has 0 radical (unpaired) electrons. The Morgan fingerprint density at radius 3 is 2.94 bits per heavy atom. The van der Waals surface area contributed by atoms with Gasteiger partial charge in [-0.05, 0) is 17.7 Å². The van der Waals surface area contributed by atoms with Crippen molar-refractivity contribution in [3.63, 3.8) is 0 Å². The fraction of sp³-hybridized carbons (Fsp3) is 0.273. The van der Waals surface area contributed by atoms with Crippen LogP contribution in [0.5, 0.6) is 0 Å². The Morgan fingerprint density at radius 2 is 2.38 bits per heavy atom. The summed E-state index contributed by atoms with van der Waals surface area (Å²) in [5.41, 5.74) is 0.801. The number of esters is 1. The molecule has 0 saturated carbocycles. The Morgan fingerprint density at radius 1 is 1.62 bits per heavy atom. The topological polar surface area (TPSA) is 55.4 Å². The lowest BCUT2D eigenvalue weighted by Gasteiger charge is -2.14. The molecule has 1 aromatic carbocycles. The number of hydrogen-bond acceptors (Lipinski definition) is 3. The van der Waals surface area contributed by atoms with E-state index in [2.05, 4.69) is 21.2 Å². The second-order valence-electron chi connectivity index (χ2n) is 3.16. The van der Waals surface area contributed by atoms with Crippen LogP contribution in [0.4, 0.5) is 0 Å². The smallest absolute Gasteiger partial charge is 0.314 e. The third-order valence-electron chi connectivity index (χ3n) is 2.14. The zero-order valence-corrected chi connectivity index (χ0v) is 10.4. The first-order chi connectivity index (χ1) is 7.69. The highest BCUT2D eigenvalue weighted by Crippen LogP contribution is 2.20. The average Bonchev–Trinajstić information content (AvgIpc) is 2.29. The van der Waals surface area contributed by atoms with Gasteiger partial charge in [-0.1, -0.05) is 28.1 Å². The largest absolute Gasteiger partial charge is 0.468 e. The summed E-state index contributed by atoms with van der Waals surface area (Å²) in [4.78, 5) is 21.8. The molecule has 0 saturated heterocycles. The van der Waals surface area contributed by atoms with Crippen LogP contribution >= 0.6 is 15.9 Å². The molecule has 0 unspecified atom stereocenters. The highest BCUT2D eigenvalue weighted by molar-refractivity contribution is 9.10. The van der Waals surface area contributed by atoms with Gasteiger partial charge in [0, 0.05) is 11.0 Å². The molecule has 1 amide bonds. The molecular formula is C11H12BrNO3. The third-order valence-corrected chi connectivity index (χ3v) is 2.64. The van der Waals surface area contributed by atoms with Gasteiger partial charge in [-0.2, -0.15) is 0 Å². The second-order valence-corrected chi connectivity index (χ2v) is 4.07. The monoisotopic (exact) mass is 285 g/mol. The van der Waals surface area contributed by atoms with E-state index in [4.69, 9.17) is 4.74 Å². The SMILES string of the molecule is COC(=O)[C@@H](CNC=O)c1cccc(Br)c1. The normalized spacial score (nSPS) is 11.6. The maximum atomic E-state index is 11.5. The van der Waals surface area contributed by atoms with Crippen molar-refractivity contribution in [2.45, 2.75) is 5.92 Å². The third kappa shape index (κ3) is 3.34. The van der Waals surface area contributed by atoms with E-state index >= 15 is 0 Å². The molecule has 0 aliphatic carbocycles. The predicted molar refractivity (Wildman–Crippen MR) is 63.0 cm³/mol. The molecule has 0 aromatic heterocycles. The molecule has 1 atom stereocenters. The van der Waals surface area contributed by atoms with Gasteiger partial charge in [0.2, 0.25) is 6.41 Å². The number of ether oxygens (including phenoxy) is 1. The van der Waals surface area contributed by atoms with Crippen molar-refractivity contribution in [1.29, 1.82) is 0 Å². The summed E-state index contributed by atoms with van der Waals surface area (Å²) in [7, 11) is 1.33. The van der Waals surface area contributed by atoms with E-state index < -0.39 is 5.92 Å². The van der Waals surface area contributed by atoms with Crippen LogP contribution in [0.1, 0.15) is 11.5 Å². The van der Waals surface area contributed by atoms with Gasteiger partial charge >= 0.3 is 5.97 Å². The van der Waals surface area contributed by atoms with Crippen LogP contribution in [-0.2, 0) is 14.3 Å². The molecule has 1 N–H and O–H groups in total. The highest BCUT2D eigenvalue weighted by atomic mass is 79.9. The Kier molecular flexibility index (Phi) is 4.98. The van der Waals surface area contributed by atoms with Crippen LogP contribution in [0.2, 0.25) is 0 Å². The van der Waals surface area contributed by atoms with Gasteiger partial charge in [0.25, 0.3) is 0 Å². The molecule has 16 heavy (non-hydrogen) atoms. The van der Waals surface area contributed by atoms with Crippen molar-refractivity contribution in [1.82, 2.24) is 5.32 Å². The summed E-state index contributed by atoms with van der Waals surface area (Å²) in [6.07, 6.45) is 0.563. The van der Waals surface area contributed by atoms with Crippen LogP contribution in [0.15, 0.2) is 28.7 Å². The summed E-state index contributed by atoms with van der Waals surface area (Å²) in [6, 6.07) is 7.34. The molecule has 1 rings (SSSR count). The Hall–Kier alpha value is -1.36. The van der Waals surface area contributed by atoms with E-state index in [1.165, 1.54) is 7.11 Å². The minimum absolute atomic E-state index is 0.229. The molecule has 4 nitrogen and oxygen atoms in total. The number of carbonyl (C=O) groups excluding carboxylic acids is 2. The minimum atomic E-state index is -0.479. The van der Waals surface area contributed by atoms with Crippen molar-refractivity contribution in [3.8, 4) is 0 Å². The van der Waals surface area contributed by atoms with Crippen LogP contribution < -0.4 is 5.32 Å². The number of carbonyl (C=O) groups is 2. The van der Waals surface area contributed by atoms with E-state index in [-0.39, 0.29) is 12.5 Å². The first-order valence-corrected chi connectivity index (χ1v) is 5.48. The van der Waals surface area contributed by atoms with E-state index in [1.807, 2.05) is 24.3 Å². The summed E-state index contributed by atoms with van der Waals surface area (Å²) in [6.45, 7) is 0.229. The van der Waals surface area contributed by atoms with Crippen LogP contribution in [0.3, 0.4) is 0 Å². The summed E-state index contributed by atoms with van der Waals surface area (Å²) in [5.74, 6) is -0.847. The maximum Gasteiger partial charge on any atom is 0.314 e. The molecular weight excluding hydrogens is 274 g/mol. The van der Waals surface area contributed by atoms with E-state index in [1.54, 1.807) is 0 Å². The lowest BCUT2D eigenvalue weighted by Crippen LogP contribution is -2.26. The maximum absolute atomic E-state index is 11.5. The quantitative estimate of drug-likeness (QED) is 0.658. The molecule has 0 fully saturated rings. The number of nitrogens with one attached hydrogen (secondary N) is 1. The molecule has 86 valence electrons. The fourth-order valence-corrected chi connectivity index (χ4v) is 1.79. The summed E-state index contributed by atoms with van der Waals surface area (Å²) in [5, 5.41) is 2.48. The second kappa shape index (κ2) is 6.27. The minimum Gasteiger partial charge on any atom is -0.468 e. The lowest BCUT2D eigenvalue weighted by atomic mass is 9.99. The number of amides is 1. The van der Waals surface area contributed by atoms with Crippen molar-refractivity contribution in [2.75, 3.05) is 13.7 Å². The number of rotatable bonds is 5. The van der Waals surface area contributed by atoms with Crippen LogP contribution in [0.25, 0.3) is 0 Å².